The third-order valence-electron chi connectivity index (χ3n) is 1.87. The van der Waals surface area contributed by atoms with Crippen molar-refractivity contribution in [2.24, 2.45) is 0 Å². The zero-order chi connectivity index (χ0) is 11.7. The maximum atomic E-state index is 13.0. The van der Waals surface area contributed by atoms with Crippen molar-refractivity contribution in [1.82, 2.24) is 0 Å². The van der Waals surface area contributed by atoms with Crippen LogP contribution in [-0.4, -0.2) is 22.0 Å². The lowest BCUT2D eigenvalue weighted by atomic mass is 10.0. The summed E-state index contributed by atoms with van der Waals surface area (Å²) >= 11 is 5.54. The van der Waals surface area contributed by atoms with Gasteiger partial charge in [0.05, 0.1) is 5.56 Å². The second-order valence-electron chi connectivity index (χ2n) is 2.82. The van der Waals surface area contributed by atoms with Crippen LogP contribution in [0.15, 0.2) is 6.07 Å². The minimum Gasteiger partial charge on any atom is -0.504 e. The molecule has 80 valence electrons. The van der Waals surface area contributed by atoms with Crippen molar-refractivity contribution in [2.45, 2.75) is 6.92 Å². The van der Waals surface area contributed by atoms with Crippen molar-refractivity contribution < 1.29 is 24.2 Å². The molecule has 0 spiro atoms. The Labute approximate surface area is 88.9 Å². The van der Waals surface area contributed by atoms with Gasteiger partial charge in [0.2, 0.25) is 0 Å². The topological polar surface area (TPSA) is 74.6 Å². The first kappa shape index (κ1) is 11.5. The molecular formula is C9H6ClFO4. The molecule has 1 aromatic rings. The third-order valence-corrected chi connectivity index (χ3v) is 2.26. The number of benzene rings is 1. The number of phenolic OH excluding ortho intramolecular Hbond substituents is 1. The summed E-state index contributed by atoms with van der Waals surface area (Å²) in [6.45, 7) is 1.32. The number of carboxylic acids is 1. The highest BCUT2D eigenvalue weighted by Crippen LogP contribution is 2.30. The standard InChI is InChI=1S/C9H6ClFO4/c1-3-4(10)2-5(11)7(12)6(3)8(13)9(14)15/h2,12H,1H3,(H,14,15). The van der Waals surface area contributed by atoms with Gasteiger partial charge < -0.3 is 10.2 Å². The lowest BCUT2D eigenvalue weighted by molar-refractivity contribution is -0.131. The van der Waals surface area contributed by atoms with Crippen LogP contribution >= 0.6 is 11.6 Å². The van der Waals surface area contributed by atoms with E-state index in [9.17, 15) is 19.1 Å². The molecule has 0 unspecified atom stereocenters. The molecule has 0 heterocycles. The Morgan fingerprint density at radius 3 is 2.47 bits per heavy atom. The molecule has 1 rings (SSSR count). The number of carbonyl (C=O) groups is 2. The average molecular weight is 233 g/mol. The van der Waals surface area contributed by atoms with Crippen LogP contribution in [0.3, 0.4) is 0 Å². The summed E-state index contributed by atoms with van der Waals surface area (Å²) in [4.78, 5) is 21.5. The van der Waals surface area contributed by atoms with Gasteiger partial charge in [-0.25, -0.2) is 9.18 Å². The van der Waals surface area contributed by atoms with Crippen molar-refractivity contribution in [3.05, 3.63) is 28.0 Å². The van der Waals surface area contributed by atoms with E-state index in [2.05, 4.69) is 0 Å². The predicted octanol–water partition coefficient (Wildman–Crippen LogP) is 1.76. The smallest absolute Gasteiger partial charge is 0.377 e. The molecular weight excluding hydrogens is 227 g/mol. The number of Topliss-reactive ketones (excluding diaryl/α,β-unsaturated/α-hetero) is 1. The Morgan fingerprint density at radius 1 is 1.47 bits per heavy atom. The monoisotopic (exact) mass is 232 g/mol. The average Bonchev–Trinajstić information content (AvgIpc) is 2.15. The molecule has 1 aromatic carbocycles. The molecule has 0 bridgehead atoms. The van der Waals surface area contributed by atoms with E-state index in [1.54, 1.807) is 0 Å². The van der Waals surface area contributed by atoms with Crippen molar-refractivity contribution in [2.75, 3.05) is 0 Å². The van der Waals surface area contributed by atoms with E-state index in [1.807, 2.05) is 0 Å². The minimum atomic E-state index is -1.78. The normalized spacial score (nSPS) is 10.1. The fourth-order valence-electron chi connectivity index (χ4n) is 1.09. The molecule has 0 aliphatic heterocycles. The van der Waals surface area contributed by atoms with E-state index < -0.39 is 28.9 Å². The number of carbonyl (C=O) groups excluding carboxylic acids is 1. The van der Waals surface area contributed by atoms with Gasteiger partial charge in [0.15, 0.2) is 11.6 Å². The Bertz CT molecular complexity index is 430. The number of hydrogen-bond acceptors (Lipinski definition) is 3. The predicted molar refractivity (Wildman–Crippen MR) is 49.8 cm³/mol. The maximum absolute atomic E-state index is 13.0. The molecule has 6 heteroatoms. The Kier molecular flexibility index (Phi) is 2.95. The summed E-state index contributed by atoms with van der Waals surface area (Å²) in [5.74, 6) is -5.30. The van der Waals surface area contributed by atoms with Crippen LogP contribution in [0.25, 0.3) is 0 Å². The number of carboxylic acid groups (broad SMARTS) is 1. The molecule has 0 saturated carbocycles. The first-order valence-electron chi connectivity index (χ1n) is 3.81. The molecule has 0 fully saturated rings. The molecule has 0 amide bonds. The largest absolute Gasteiger partial charge is 0.504 e. The van der Waals surface area contributed by atoms with Crippen LogP contribution in [0, 0.1) is 12.7 Å². The van der Waals surface area contributed by atoms with E-state index in [0.717, 1.165) is 6.07 Å². The fourth-order valence-corrected chi connectivity index (χ4v) is 1.28. The van der Waals surface area contributed by atoms with Gasteiger partial charge in [-0.2, -0.15) is 0 Å². The maximum Gasteiger partial charge on any atom is 0.377 e. The van der Waals surface area contributed by atoms with E-state index >= 15 is 0 Å². The third kappa shape index (κ3) is 1.92. The van der Waals surface area contributed by atoms with Crippen molar-refractivity contribution >= 4 is 23.4 Å². The van der Waals surface area contributed by atoms with E-state index in [1.165, 1.54) is 6.92 Å². The van der Waals surface area contributed by atoms with Gasteiger partial charge in [-0.3, -0.25) is 4.79 Å². The zero-order valence-electron chi connectivity index (χ0n) is 7.54. The Balaban J connectivity index is 3.53. The molecule has 15 heavy (non-hydrogen) atoms. The molecule has 0 aliphatic rings. The number of aromatic hydroxyl groups is 1. The van der Waals surface area contributed by atoms with Gasteiger partial charge in [0.25, 0.3) is 5.78 Å². The summed E-state index contributed by atoms with van der Waals surface area (Å²) in [5.41, 5.74) is -0.588. The van der Waals surface area contributed by atoms with Crippen LogP contribution in [0.2, 0.25) is 5.02 Å². The molecule has 0 aliphatic carbocycles. The lowest BCUT2D eigenvalue weighted by Crippen LogP contribution is -2.15. The molecule has 4 nitrogen and oxygen atoms in total. The van der Waals surface area contributed by atoms with E-state index in [4.69, 9.17) is 16.7 Å². The highest BCUT2D eigenvalue weighted by Gasteiger charge is 2.25. The Hall–Kier alpha value is -1.62. The Morgan fingerprint density at radius 2 is 2.00 bits per heavy atom. The highest BCUT2D eigenvalue weighted by atomic mass is 35.5. The molecule has 0 atom stereocenters. The minimum absolute atomic E-state index is 0.0305. The summed E-state index contributed by atoms with van der Waals surface area (Å²) in [5, 5.41) is 17.5. The number of aliphatic carboxylic acids is 1. The van der Waals surface area contributed by atoms with Crippen LogP contribution in [0.1, 0.15) is 15.9 Å². The number of halogens is 2. The number of ketones is 1. The van der Waals surface area contributed by atoms with Crippen molar-refractivity contribution in [3.63, 3.8) is 0 Å². The van der Waals surface area contributed by atoms with Gasteiger partial charge in [-0.1, -0.05) is 11.6 Å². The van der Waals surface area contributed by atoms with Gasteiger partial charge in [-0.05, 0) is 18.6 Å². The molecule has 0 radical (unpaired) electrons. The van der Waals surface area contributed by atoms with Crippen LogP contribution in [0.4, 0.5) is 4.39 Å². The van der Waals surface area contributed by atoms with Crippen LogP contribution in [0.5, 0.6) is 5.75 Å². The quantitative estimate of drug-likeness (QED) is 0.602. The molecule has 0 saturated heterocycles. The van der Waals surface area contributed by atoms with E-state index in [0.29, 0.717) is 0 Å². The summed E-state index contributed by atoms with van der Waals surface area (Å²) in [6, 6.07) is 0.810. The lowest BCUT2D eigenvalue weighted by Gasteiger charge is -2.07. The second-order valence-corrected chi connectivity index (χ2v) is 3.23. The zero-order valence-corrected chi connectivity index (χ0v) is 8.30. The van der Waals surface area contributed by atoms with Gasteiger partial charge in [0, 0.05) is 5.02 Å². The number of hydrogen-bond donors (Lipinski definition) is 2. The SMILES string of the molecule is Cc1c(Cl)cc(F)c(O)c1C(=O)C(=O)O. The summed E-state index contributed by atoms with van der Waals surface area (Å²) in [6.07, 6.45) is 0. The first-order chi connectivity index (χ1) is 6.86. The van der Waals surface area contributed by atoms with Crippen LogP contribution < -0.4 is 0 Å². The fraction of sp³-hybridized carbons (Fsp3) is 0.111. The van der Waals surface area contributed by atoms with Gasteiger partial charge >= 0.3 is 5.97 Å². The van der Waals surface area contributed by atoms with E-state index in [-0.39, 0.29) is 10.6 Å². The molecule has 2 N–H and O–H groups in total. The molecule has 0 aromatic heterocycles. The second kappa shape index (κ2) is 3.86. The highest BCUT2D eigenvalue weighted by molar-refractivity contribution is 6.42. The number of phenols is 1. The first-order valence-corrected chi connectivity index (χ1v) is 4.19. The number of rotatable bonds is 2. The van der Waals surface area contributed by atoms with Gasteiger partial charge in [-0.15, -0.1) is 0 Å². The van der Waals surface area contributed by atoms with Gasteiger partial charge in [0.1, 0.15) is 0 Å². The summed E-state index contributed by atoms with van der Waals surface area (Å²) < 4.78 is 13.0. The van der Waals surface area contributed by atoms with Crippen molar-refractivity contribution in [1.29, 1.82) is 0 Å². The summed E-state index contributed by atoms with van der Waals surface area (Å²) in [7, 11) is 0. The van der Waals surface area contributed by atoms with Crippen molar-refractivity contribution in [3.8, 4) is 5.75 Å². The van der Waals surface area contributed by atoms with Crippen LogP contribution in [-0.2, 0) is 4.79 Å².